The van der Waals surface area contributed by atoms with Crippen molar-refractivity contribution < 1.29 is 14.2 Å². The van der Waals surface area contributed by atoms with Gasteiger partial charge in [0.05, 0.1) is 13.7 Å². The van der Waals surface area contributed by atoms with E-state index >= 15 is 0 Å². The highest BCUT2D eigenvalue weighted by Gasteiger charge is 2.20. The van der Waals surface area contributed by atoms with Crippen LogP contribution in [0.15, 0.2) is 18.2 Å². The summed E-state index contributed by atoms with van der Waals surface area (Å²) in [5.41, 5.74) is 0.507. The van der Waals surface area contributed by atoms with Crippen LogP contribution in [-0.4, -0.2) is 25.4 Å². The Hall–Kier alpha value is -1.29. The number of hydrogen-bond donors (Lipinski definition) is 2. The third-order valence-corrected chi connectivity index (χ3v) is 3.11. The van der Waals surface area contributed by atoms with Crippen LogP contribution in [0.2, 0.25) is 0 Å². The fraction of sp³-hybridized carbons (Fsp3) is 0.538. The van der Waals surface area contributed by atoms with Crippen molar-refractivity contribution in [3.8, 4) is 5.75 Å². The monoisotopic (exact) mass is 241 g/mol. The maximum Gasteiger partial charge on any atom is 0.167 e. The zero-order valence-electron chi connectivity index (χ0n) is 10.6. The van der Waals surface area contributed by atoms with E-state index in [1.165, 1.54) is 13.2 Å². The molecule has 0 aliphatic rings. The van der Waals surface area contributed by atoms with Crippen LogP contribution in [0.4, 0.5) is 10.1 Å². The largest absolute Gasteiger partial charge is 0.494 e. The molecule has 0 spiro atoms. The molecule has 0 bridgehead atoms. The summed E-state index contributed by atoms with van der Waals surface area (Å²) in [6, 6.07) is 4.74. The number of aliphatic hydroxyl groups excluding tert-OH is 1. The number of nitrogens with one attached hydrogen (secondary N) is 1. The zero-order valence-corrected chi connectivity index (χ0v) is 10.6. The van der Waals surface area contributed by atoms with E-state index < -0.39 is 0 Å². The normalized spacial score (nSPS) is 14.2. The van der Waals surface area contributed by atoms with Gasteiger partial charge in [-0.1, -0.05) is 13.8 Å². The zero-order chi connectivity index (χ0) is 12.9. The SMILES string of the molecule is CCC(C)(CO)CNc1ccc(OC)c(F)c1. The number of aliphatic hydroxyl groups is 1. The first-order chi connectivity index (χ1) is 8.04. The minimum Gasteiger partial charge on any atom is -0.494 e. The minimum absolute atomic E-state index is 0.106. The molecule has 0 heterocycles. The van der Waals surface area contributed by atoms with E-state index in [0.29, 0.717) is 12.2 Å². The van der Waals surface area contributed by atoms with Crippen LogP contribution in [0, 0.1) is 11.2 Å². The smallest absolute Gasteiger partial charge is 0.167 e. The van der Waals surface area contributed by atoms with Crippen LogP contribution in [0.5, 0.6) is 5.75 Å². The van der Waals surface area contributed by atoms with Gasteiger partial charge in [0, 0.05) is 23.7 Å². The quantitative estimate of drug-likeness (QED) is 0.804. The summed E-state index contributed by atoms with van der Waals surface area (Å²) in [5.74, 6) is -0.157. The van der Waals surface area contributed by atoms with Crippen molar-refractivity contribution >= 4 is 5.69 Å². The molecule has 0 aromatic heterocycles. The van der Waals surface area contributed by atoms with Crippen molar-refractivity contribution in [3.63, 3.8) is 0 Å². The molecule has 0 fully saturated rings. The molecule has 0 aliphatic carbocycles. The van der Waals surface area contributed by atoms with Crippen molar-refractivity contribution in [1.29, 1.82) is 0 Å². The van der Waals surface area contributed by atoms with E-state index in [4.69, 9.17) is 4.74 Å². The summed E-state index contributed by atoms with van der Waals surface area (Å²) in [6.45, 7) is 4.72. The highest BCUT2D eigenvalue weighted by Crippen LogP contribution is 2.24. The predicted octanol–water partition coefficient (Wildman–Crippen LogP) is 2.65. The van der Waals surface area contributed by atoms with Crippen molar-refractivity contribution in [1.82, 2.24) is 0 Å². The molecule has 0 saturated carbocycles. The van der Waals surface area contributed by atoms with Crippen LogP contribution >= 0.6 is 0 Å². The lowest BCUT2D eigenvalue weighted by atomic mass is 9.88. The summed E-state index contributed by atoms with van der Waals surface area (Å²) in [7, 11) is 1.44. The van der Waals surface area contributed by atoms with Gasteiger partial charge < -0.3 is 15.2 Å². The van der Waals surface area contributed by atoms with Crippen LogP contribution < -0.4 is 10.1 Å². The molecule has 17 heavy (non-hydrogen) atoms. The minimum atomic E-state index is -0.389. The van der Waals surface area contributed by atoms with E-state index in [1.807, 2.05) is 13.8 Å². The molecule has 96 valence electrons. The van der Waals surface area contributed by atoms with Gasteiger partial charge in [-0.15, -0.1) is 0 Å². The first-order valence-corrected chi connectivity index (χ1v) is 5.73. The van der Waals surface area contributed by atoms with E-state index in [2.05, 4.69) is 5.32 Å². The molecule has 1 unspecified atom stereocenters. The Kier molecular flexibility index (Phi) is 4.75. The number of ether oxygens (including phenoxy) is 1. The summed E-state index contributed by atoms with van der Waals surface area (Å²) < 4.78 is 18.3. The molecule has 4 heteroatoms. The van der Waals surface area contributed by atoms with Gasteiger partial charge in [-0.25, -0.2) is 4.39 Å². The molecule has 1 rings (SSSR count). The molecular weight excluding hydrogens is 221 g/mol. The van der Waals surface area contributed by atoms with Crippen LogP contribution in [0.1, 0.15) is 20.3 Å². The fourth-order valence-electron chi connectivity index (χ4n) is 1.38. The molecular formula is C13H20FNO2. The first kappa shape index (κ1) is 13.8. The van der Waals surface area contributed by atoms with E-state index in [9.17, 15) is 9.50 Å². The number of anilines is 1. The highest BCUT2D eigenvalue weighted by molar-refractivity contribution is 5.47. The van der Waals surface area contributed by atoms with Crippen LogP contribution in [0.25, 0.3) is 0 Å². The molecule has 0 saturated heterocycles. The lowest BCUT2D eigenvalue weighted by molar-refractivity contribution is 0.149. The van der Waals surface area contributed by atoms with Crippen molar-refractivity contribution in [2.24, 2.45) is 5.41 Å². The molecule has 0 radical (unpaired) electrons. The Balaban J connectivity index is 2.67. The Bertz CT molecular complexity index is 364. The predicted molar refractivity (Wildman–Crippen MR) is 66.9 cm³/mol. The Morgan fingerprint density at radius 2 is 2.18 bits per heavy atom. The average Bonchev–Trinajstić information content (AvgIpc) is 2.36. The van der Waals surface area contributed by atoms with Gasteiger partial charge in [0.1, 0.15) is 0 Å². The van der Waals surface area contributed by atoms with Gasteiger partial charge in [0.25, 0.3) is 0 Å². The average molecular weight is 241 g/mol. The topological polar surface area (TPSA) is 41.5 Å². The van der Waals surface area contributed by atoms with Gasteiger partial charge in [-0.2, -0.15) is 0 Å². The second kappa shape index (κ2) is 5.87. The van der Waals surface area contributed by atoms with Gasteiger partial charge in [0.2, 0.25) is 0 Å². The van der Waals surface area contributed by atoms with Crippen molar-refractivity contribution in [2.75, 3.05) is 25.6 Å². The van der Waals surface area contributed by atoms with E-state index in [-0.39, 0.29) is 23.6 Å². The summed E-state index contributed by atoms with van der Waals surface area (Å²) in [4.78, 5) is 0. The molecule has 2 N–H and O–H groups in total. The summed E-state index contributed by atoms with van der Waals surface area (Å²) >= 11 is 0. The Morgan fingerprint density at radius 1 is 1.47 bits per heavy atom. The van der Waals surface area contributed by atoms with E-state index in [0.717, 1.165) is 6.42 Å². The third-order valence-electron chi connectivity index (χ3n) is 3.11. The van der Waals surface area contributed by atoms with Crippen molar-refractivity contribution in [2.45, 2.75) is 20.3 Å². The van der Waals surface area contributed by atoms with E-state index in [1.54, 1.807) is 12.1 Å². The molecule has 1 atom stereocenters. The third kappa shape index (κ3) is 3.60. The van der Waals surface area contributed by atoms with Gasteiger partial charge in [0.15, 0.2) is 11.6 Å². The Labute approximate surface area is 102 Å². The summed E-state index contributed by atoms with van der Waals surface area (Å²) in [5, 5.41) is 12.4. The molecule has 3 nitrogen and oxygen atoms in total. The lowest BCUT2D eigenvalue weighted by Gasteiger charge is -2.26. The number of halogens is 1. The van der Waals surface area contributed by atoms with Crippen LogP contribution in [-0.2, 0) is 0 Å². The van der Waals surface area contributed by atoms with Gasteiger partial charge in [-0.3, -0.25) is 0 Å². The first-order valence-electron chi connectivity index (χ1n) is 5.73. The maximum absolute atomic E-state index is 13.4. The van der Waals surface area contributed by atoms with Crippen molar-refractivity contribution in [3.05, 3.63) is 24.0 Å². The summed E-state index contributed by atoms with van der Waals surface area (Å²) in [6.07, 6.45) is 0.856. The molecule has 1 aromatic carbocycles. The highest BCUT2D eigenvalue weighted by atomic mass is 19.1. The fourth-order valence-corrected chi connectivity index (χ4v) is 1.38. The molecule has 0 aliphatic heterocycles. The number of methoxy groups -OCH3 is 1. The maximum atomic E-state index is 13.4. The lowest BCUT2D eigenvalue weighted by Crippen LogP contribution is -2.29. The second-order valence-corrected chi connectivity index (χ2v) is 4.53. The number of benzene rings is 1. The number of rotatable bonds is 6. The van der Waals surface area contributed by atoms with Gasteiger partial charge in [-0.05, 0) is 18.6 Å². The number of hydrogen-bond acceptors (Lipinski definition) is 3. The standard InChI is InChI=1S/C13H20FNO2/c1-4-13(2,9-16)8-15-10-5-6-12(17-3)11(14)7-10/h5-7,15-16H,4,8-9H2,1-3H3. The van der Waals surface area contributed by atoms with Gasteiger partial charge >= 0.3 is 0 Å². The van der Waals surface area contributed by atoms with Crippen LogP contribution in [0.3, 0.4) is 0 Å². The molecule has 1 aromatic rings. The second-order valence-electron chi connectivity index (χ2n) is 4.53. The molecule has 0 amide bonds. The Morgan fingerprint density at radius 3 is 2.65 bits per heavy atom.